The Bertz CT molecular complexity index is 456. The van der Waals surface area contributed by atoms with E-state index in [9.17, 15) is 4.79 Å². The highest BCUT2D eigenvalue weighted by Crippen LogP contribution is 2.28. The molecule has 112 valence electrons. The summed E-state index contributed by atoms with van der Waals surface area (Å²) in [6.07, 6.45) is 1.03. The summed E-state index contributed by atoms with van der Waals surface area (Å²) in [5.74, 6) is 0.685. The molecule has 0 radical (unpaired) electrons. The molecule has 20 heavy (non-hydrogen) atoms. The van der Waals surface area contributed by atoms with Crippen LogP contribution in [-0.2, 0) is 10.2 Å². The lowest BCUT2D eigenvalue weighted by atomic mass is 9.83. The van der Waals surface area contributed by atoms with Gasteiger partial charge in [0.25, 0.3) is 0 Å². The Morgan fingerprint density at radius 1 is 1.35 bits per heavy atom. The minimum Gasteiger partial charge on any atom is -0.342 e. The maximum Gasteiger partial charge on any atom is 0.232 e. The van der Waals surface area contributed by atoms with E-state index in [4.69, 9.17) is 5.73 Å². The van der Waals surface area contributed by atoms with Gasteiger partial charge in [-0.15, -0.1) is 12.4 Å². The maximum absolute atomic E-state index is 12.7. The monoisotopic (exact) mass is 296 g/mol. The van der Waals surface area contributed by atoms with Crippen molar-refractivity contribution < 1.29 is 4.79 Å². The first-order valence-electron chi connectivity index (χ1n) is 7.01. The summed E-state index contributed by atoms with van der Waals surface area (Å²) in [6.45, 7) is 8.41. The molecule has 1 aliphatic rings. The topological polar surface area (TPSA) is 46.3 Å². The molecule has 0 aromatic heterocycles. The van der Waals surface area contributed by atoms with Crippen molar-refractivity contribution in [3.63, 3.8) is 0 Å². The molecule has 1 unspecified atom stereocenters. The van der Waals surface area contributed by atoms with E-state index < -0.39 is 5.41 Å². The maximum atomic E-state index is 12.7. The van der Waals surface area contributed by atoms with Crippen LogP contribution in [0.5, 0.6) is 0 Å². The van der Waals surface area contributed by atoms with Crippen molar-refractivity contribution in [1.82, 2.24) is 4.90 Å². The molecule has 1 saturated heterocycles. The second-order valence-corrected chi connectivity index (χ2v) is 6.13. The Hall–Kier alpha value is -1.06. The molecule has 1 aromatic rings. The van der Waals surface area contributed by atoms with Crippen molar-refractivity contribution >= 4 is 18.3 Å². The average molecular weight is 297 g/mol. The highest BCUT2D eigenvalue weighted by molar-refractivity contribution is 5.87. The largest absolute Gasteiger partial charge is 0.342 e. The zero-order valence-electron chi connectivity index (χ0n) is 12.6. The van der Waals surface area contributed by atoms with Crippen LogP contribution in [0.3, 0.4) is 0 Å². The number of nitrogens with zero attached hydrogens (tertiary/aromatic N) is 1. The summed E-state index contributed by atoms with van der Waals surface area (Å²) in [4.78, 5) is 14.7. The molecule has 1 aromatic carbocycles. The molecule has 0 bridgehead atoms. The summed E-state index contributed by atoms with van der Waals surface area (Å²) in [5, 5.41) is 0. The third-order valence-corrected chi connectivity index (χ3v) is 4.21. The number of hydrogen-bond acceptors (Lipinski definition) is 2. The number of halogens is 1. The molecular formula is C16H25ClN2O. The Morgan fingerprint density at radius 2 is 1.95 bits per heavy atom. The van der Waals surface area contributed by atoms with Crippen molar-refractivity contribution in [2.24, 2.45) is 11.7 Å². The molecule has 3 nitrogen and oxygen atoms in total. The lowest BCUT2D eigenvalue weighted by Crippen LogP contribution is -2.42. The lowest BCUT2D eigenvalue weighted by molar-refractivity contribution is -0.135. The van der Waals surface area contributed by atoms with E-state index in [1.54, 1.807) is 0 Å². The molecule has 0 saturated carbocycles. The van der Waals surface area contributed by atoms with Gasteiger partial charge in [-0.05, 0) is 45.2 Å². The van der Waals surface area contributed by atoms with Gasteiger partial charge in [0.15, 0.2) is 0 Å². The number of rotatable bonds is 3. The number of nitrogens with two attached hydrogens (primary N) is 1. The fraction of sp³-hybridized carbons (Fsp3) is 0.562. The van der Waals surface area contributed by atoms with Crippen molar-refractivity contribution in [2.45, 2.75) is 32.6 Å². The van der Waals surface area contributed by atoms with Crippen LogP contribution in [0.4, 0.5) is 0 Å². The third kappa shape index (κ3) is 3.33. The Labute approximate surface area is 127 Å². The zero-order chi connectivity index (χ0) is 14.0. The summed E-state index contributed by atoms with van der Waals surface area (Å²) >= 11 is 0. The molecule has 4 heteroatoms. The summed E-state index contributed by atoms with van der Waals surface area (Å²) in [6, 6.07) is 8.25. The molecule has 0 aliphatic carbocycles. The number of benzene rings is 1. The molecular weight excluding hydrogens is 272 g/mol. The first-order valence-corrected chi connectivity index (χ1v) is 7.01. The first-order chi connectivity index (χ1) is 8.95. The lowest BCUT2D eigenvalue weighted by Gasteiger charge is -2.30. The number of aryl methyl sites for hydroxylation is 1. The second-order valence-electron chi connectivity index (χ2n) is 6.13. The third-order valence-electron chi connectivity index (χ3n) is 4.21. The van der Waals surface area contributed by atoms with Gasteiger partial charge in [0.2, 0.25) is 5.91 Å². The number of amides is 1. The quantitative estimate of drug-likeness (QED) is 0.931. The summed E-state index contributed by atoms with van der Waals surface area (Å²) in [5.41, 5.74) is 7.54. The van der Waals surface area contributed by atoms with Gasteiger partial charge in [0, 0.05) is 13.1 Å². The van der Waals surface area contributed by atoms with Gasteiger partial charge in [-0.3, -0.25) is 4.79 Å². The van der Waals surface area contributed by atoms with Gasteiger partial charge >= 0.3 is 0 Å². The van der Waals surface area contributed by atoms with Crippen molar-refractivity contribution in [3.8, 4) is 0 Å². The Kier molecular flexibility index (Phi) is 5.60. The Morgan fingerprint density at radius 3 is 2.45 bits per heavy atom. The van der Waals surface area contributed by atoms with Gasteiger partial charge in [-0.25, -0.2) is 0 Å². The van der Waals surface area contributed by atoms with E-state index in [1.165, 1.54) is 5.56 Å². The minimum absolute atomic E-state index is 0. The van der Waals surface area contributed by atoms with Gasteiger partial charge in [0.1, 0.15) is 0 Å². The summed E-state index contributed by atoms with van der Waals surface area (Å²) < 4.78 is 0. The van der Waals surface area contributed by atoms with Crippen LogP contribution >= 0.6 is 12.4 Å². The van der Waals surface area contributed by atoms with Crippen LogP contribution in [0, 0.1) is 12.8 Å². The SMILES string of the molecule is Cc1ccc(C(C)(C)C(=O)N2CCC(CN)C2)cc1.Cl. The fourth-order valence-electron chi connectivity index (χ4n) is 2.70. The minimum atomic E-state index is -0.461. The molecule has 1 heterocycles. The summed E-state index contributed by atoms with van der Waals surface area (Å²) in [7, 11) is 0. The van der Waals surface area contributed by atoms with Crippen LogP contribution in [0.15, 0.2) is 24.3 Å². The standard InChI is InChI=1S/C16H24N2O.ClH/c1-12-4-6-14(7-5-12)16(2,3)15(19)18-9-8-13(10-17)11-18;/h4-7,13H,8-11,17H2,1-3H3;1H. The van der Waals surface area contributed by atoms with Crippen LogP contribution < -0.4 is 5.73 Å². The van der Waals surface area contributed by atoms with E-state index in [0.717, 1.165) is 25.1 Å². The number of carbonyl (C=O) groups is 1. The first kappa shape index (κ1) is 17.0. The average Bonchev–Trinajstić information content (AvgIpc) is 2.87. The van der Waals surface area contributed by atoms with Crippen molar-refractivity contribution in [2.75, 3.05) is 19.6 Å². The van der Waals surface area contributed by atoms with E-state index in [-0.39, 0.29) is 18.3 Å². The van der Waals surface area contributed by atoms with E-state index in [0.29, 0.717) is 12.5 Å². The van der Waals surface area contributed by atoms with Crippen molar-refractivity contribution in [1.29, 1.82) is 0 Å². The van der Waals surface area contributed by atoms with Crippen LogP contribution in [-0.4, -0.2) is 30.4 Å². The highest BCUT2D eigenvalue weighted by Gasteiger charge is 2.36. The van der Waals surface area contributed by atoms with Gasteiger partial charge in [0.05, 0.1) is 5.41 Å². The molecule has 1 amide bonds. The van der Waals surface area contributed by atoms with Gasteiger partial charge < -0.3 is 10.6 Å². The van der Waals surface area contributed by atoms with Crippen LogP contribution in [0.25, 0.3) is 0 Å². The number of likely N-dealkylation sites (tertiary alicyclic amines) is 1. The molecule has 1 atom stereocenters. The van der Waals surface area contributed by atoms with Gasteiger partial charge in [-0.2, -0.15) is 0 Å². The van der Waals surface area contributed by atoms with E-state index in [2.05, 4.69) is 31.2 Å². The molecule has 0 spiro atoms. The Balaban J connectivity index is 0.00000200. The number of hydrogen-bond donors (Lipinski definition) is 1. The highest BCUT2D eigenvalue weighted by atomic mass is 35.5. The predicted octanol–water partition coefficient (Wildman–Crippen LogP) is 2.50. The zero-order valence-corrected chi connectivity index (χ0v) is 13.4. The molecule has 1 fully saturated rings. The predicted molar refractivity (Wildman–Crippen MR) is 85.2 cm³/mol. The molecule has 2 rings (SSSR count). The molecule has 1 aliphatic heterocycles. The van der Waals surface area contributed by atoms with Crippen molar-refractivity contribution in [3.05, 3.63) is 35.4 Å². The smallest absolute Gasteiger partial charge is 0.232 e. The van der Waals surface area contributed by atoms with Crippen LogP contribution in [0.1, 0.15) is 31.4 Å². The van der Waals surface area contributed by atoms with Gasteiger partial charge in [-0.1, -0.05) is 29.8 Å². The second kappa shape index (κ2) is 6.59. The van der Waals surface area contributed by atoms with Crippen LogP contribution in [0.2, 0.25) is 0 Å². The normalized spacial score (nSPS) is 18.8. The number of carbonyl (C=O) groups excluding carboxylic acids is 1. The van der Waals surface area contributed by atoms with E-state index >= 15 is 0 Å². The van der Waals surface area contributed by atoms with E-state index in [1.807, 2.05) is 18.7 Å². The molecule has 2 N–H and O–H groups in total. The fourth-order valence-corrected chi connectivity index (χ4v) is 2.70.